The van der Waals surface area contributed by atoms with E-state index in [1.54, 1.807) is 0 Å². The Morgan fingerprint density at radius 1 is 1.50 bits per heavy atom. The van der Waals surface area contributed by atoms with Gasteiger partial charge in [0.1, 0.15) is 6.10 Å². The van der Waals surface area contributed by atoms with Crippen LogP contribution in [0.5, 0.6) is 0 Å². The molecule has 0 aromatic rings. The number of carbonyl (C=O) groups is 1. The summed E-state index contributed by atoms with van der Waals surface area (Å²) >= 11 is 0. The first kappa shape index (κ1) is 7.62. The van der Waals surface area contributed by atoms with Crippen LogP contribution < -0.4 is 0 Å². The van der Waals surface area contributed by atoms with Crippen LogP contribution >= 0.6 is 0 Å². The zero-order valence-corrected chi connectivity index (χ0v) is 5.10. The highest BCUT2D eigenvalue weighted by atomic mass is 16.6. The fourth-order valence-corrected chi connectivity index (χ4v) is 0.774. The van der Waals surface area contributed by atoms with Gasteiger partial charge in [0.15, 0.2) is 18.2 Å². The van der Waals surface area contributed by atoms with Crippen LogP contribution in [0.15, 0.2) is 0 Å². The van der Waals surface area contributed by atoms with Gasteiger partial charge in [-0.2, -0.15) is 0 Å². The Hall–Kier alpha value is -0.490. The van der Waals surface area contributed by atoms with Gasteiger partial charge >= 0.3 is 0 Å². The van der Waals surface area contributed by atoms with Crippen LogP contribution in [0.25, 0.3) is 0 Å². The minimum atomic E-state index is -1.50. The first-order valence-electron chi connectivity index (χ1n) is 2.83. The lowest BCUT2D eigenvalue weighted by Gasteiger charge is -2.02. The molecule has 5 heteroatoms. The first-order valence-corrected chi connectivity index (χ1v) is 2.83. The number of carbonyl (C=O) groups excluding carboxylic acids is 1. The van der Waals surface area contributed by atoms with E-state index >= 15 is 0 Å². The van der Waals surface area contributed by atoms with Crippen molar-refractivity contribution in [3.8, 4) is 0 Å². The molecule has 0 aromatic heterocycles. The largest absolute Gasteiger partial charge is 0.393 e. The van der Waals surface area contributed by atoms with Gasteiger partial charge in [-0.3, -0.25) is 4.79 Å². The molecule has 3 N–H and O–H groups in total. The van der Waals surface area contributed by atoms with Gasteiger partial charge in [0.25, 0.3) is 0 Å². The van der Waals surface area contributed by atoms with Crippen molar-refractivity contribution in [1.82, 2.24) is 0 Å². The van der Waals surface area contributed by atoms with E-state index in [9.17, 15) is 4.79 Å². The zero-order chi connectivity index (χ0) is 7.72. The maximum atomic E-state index is 10.7. The molecule has 1 heterocycles. The van der Waals surface area contributed by atoms with Crippen LogP contribution in [0, 0.1) is 0 Å². The van der Waals surface area contributed by atoms with E-state index in [-0.39, 0.29) is 0 Å². The van der Waals surface area contributed by atoms with E-state index in [0.717, 1.165) is 0 Å². The smallest absolute Gasteiger partial charge is 0.197 e. The van der Waals surface area contributed by atoms with Crippen LogP contribution in [0.1, 0.15) is 0 Å². The van der Waals surface area contributed by atoms with Crippen LogP contribution in [-0.2, 0) is 9.53 Å². The van der Waals surface area contributed by atoms with Gasteiger partial charge in [-0.15, -0.1) is 0 Å². The summed E-state index contributed by atoms with van der Waals surface area (Å²) in [6.45, 7) is -0.507. The second kappa shape index (κ2) is 2.63. The lowest BCUT2D eigenvalue weighted by atomic mass is 10.2. The molecule has 2 unspecified atom stereocenters. The summed E-state index contributed by atoms with van der Waals surface area (Å²) in [6.07, 6.45) is -4.05. The molecule has 1 aliphatic heterocycles. The summed E-state index contributed by atoms with van der Waals surface area (Å²) in [4.78, 5) is 10.7. The predicted molar refractivity (Wildman–Crippen MR) is 29.0 cm³/mol. The van der Waals surface area contributed by atoms with E-state index in [4.69, 9.17) is 15.3 Å². The SMILES string of the molecule is O=C1C(CO)OC(O)[C@H]1O. The summed E-state index contributed by atoms with van der Waals surface area (Å²) in [7, 11) is 0. The van der Waals surface area contributed by atoms with Gasteiger partial charge in [-0.05, 0) is 0 Å². The third kappa shape index (κ3) is 1.04. The van der Waals surface area contributed by atoms with E-state index in [1.807, 2.05) is 0 Å². The van der Waals surface area contributed by atoms with Crippen molar-refractivity contribution in [2.45, 2.75) is 18.5 Å². The highest BCUT2D eigenvalue weighted by molar-refractivity contribution is 5.89. The Morgan fingerprint density at radius 3 is 2.30 bits per heavy atom. The standard InChI is InChI=1S/C5H8O5/c6-1-2-3(7)4(8)5(9)10-2/h2,4-6,8-9H,1H2/t2?,4-,5?/m0/s1. The molecule has 0 aromatic carbocycles. The molecule has 0 spiro atoms. The number of ether oxygens (including phenoxy) is 1. The summed E-state index contributed by atoms with van der Waals surface area (Å²) < 4.78 is 4.44. The topological polar surface area (TPSA) is 87.0 Å². The number of hydrogen-bond acceptors (Lipinski definition) is 5. The number of Topliss-reactive ketones (excluding diaryl/α,β-unsaturated/α-hetero) is 1. The van der Waals surface area contributed by atoms with Gasteiger partial charge in [0, 0.05) is 0 Å². The fraction of sp³-hybridized carbons (Fsp3) is 0.800. The van der Waals surface area contributed by atoms with Gasteiger partial charge < -0.3 is 20.1 Å². The summed E-state index contributed by atoms with van der Waals surface area (Å²) in [5, 5.41) is 25.8. The number of aliphatic hydroxyl groups excluding tert-OH is 3. The van der Waals surface area contributed by atoms with Crippen molar-refractivity contribution < 1.29 is 24.9 Å². The Kier molecular flexibility index (Phi) is 2.00. The molecule has 1 saturated heterocycles. The Bertz CT molecular complexity index is 145. The molecule has 1 aliphatic rings. The number of aliphatic hydroxyl groups is 3. The van der Waals surface area contributed by atoms with Crippen molar-refractivity contribution in [1.29, 1.82) is 0 Å². The highest BCUT2D eigenvalue weighted by Crippen LogP contribution is 2.13. The molecule has 58 valence electrons. The van der Waals surface area contributed by atoms with Crippen molar-refractivity contribution >= 4 is 5.78 Å². The van der Waals surface area contributed by atoms with Gasteiger partial charge in [-0.25, -0.2) is 0 Å². The summed E-state index contributed by atoms with van der Waals surface area (Å²) in [5.74, 6) is -0.671. The van der Waals surface area contributed by atoms with Crippen LogP contribution in [-0.4, -0.2) is 46.2 Å². The monoisotopic (exact) mass is 148 g/mol. The molecule has 3 atom stereocenters. The molecule has 5 nitrogen and oxygen atoms in total. The van der Waals surface area contributed by atoms with Gasteiger partial charge in [-0.1, -0.05) is 0 Å². The Morgan fingerprint density at radius 2 is 2.10 bits per heavy atom. The molecule has 0 saturated carbocycles. The lowest BCUT2D eigenvalue weighted by Crippen LogP contribution is -2.28. The molecular weight excluding hydrogens is 140 g/mol. The van der Waals surface area contributed by atoms with E-state index < -0.39 is 30.9 Å². The molecule has 1 rings (SSSR count). The van der Waals surface area contributed by atoms with Crippen LogP contribution in [0.2, 0.25) is 0 Å². The fourth-order valence-electron chi connectivity index (χ4n) is 0.774. The molecule has 1 fully saturated rings. The molecule has 0 amide bonds. The quantitative estimate of drug-likeness (QED) is 0.386. The average Bonchev–Trinajstić information content (AvgIpc) is 2.17. The van der Waals surface area contributed by atoms with Crippen molar-refractivity contribution in [3.05, 3.63) is 0 Å². The molecule has 0 radical (unpaired) electrons. The third-order valence-corrected chi connectivity index (χ3v) is 1.35. The first-order chi connectivity index (χ1) is 4.66. The zero-order valence-electron chi connectivity index (χ0n) is 5.10. The Labute approximate surface area is 56.9 Å². The molecule has 0 aliphatic carbocycles. The van der Waals surface area contributed by atoms with Crippen molar-refractivity contribution in [2.75, 3.05) is 6.61 Å². The van der Waals surface area contributed by atoms with Crippen LogP contribution in [0.3, 0.4) is 0 Å². The van der Waals surface area contributed by atoms with Crippen molar-refractivity contribution in [2.24, 2.45) is 0 Å². The van der Waals surface area contributed by atoms with E-state index in [0.29, 0.717) is 0 Å². The number of hydrogen-bond donors (Lipinski definition) is 3. The third-order valence-electron chi connectivity index (χ3n) is 1.35. The van der Waals surface area contributed by atoms with Gasteiger partial charge in [0.05, 0.1) is 6.61 Å². The minimum Gasteiger partial charge on any atom is -0.393 e. The van der Waals surface area contributed by atoms with Crippen molar-refractivity contribution in [3.63, 3.8) is 0 Å². The van der Waals surface area contributed by atoms with Crippen LogP contribution in [0.4, 0.5) is 0 Å². The number of rotatable bonds is 1. The normalized spacial score (nSPS) is 40.7. The molecule has 0 bridgehead atoms. The second-order valence-corrected chi connectivity index (χ2v) is 2.05. The van der Waals surface area contributed by atoms with Gasteiger partial charge in [0.2, 0.25) is 0 Å². The Balaban J connectivity index is 2.62. The maximum Gasteiger partial charge on any atom is 0.197 e. The van der Waals surface area contributed by atoms with E-state index in [1.165, 1.54) is 0 Å². The highest BCUT2D eigenvalue weighted by Gasteiger charge is 2.40. The number of ketones is 1. The minimum absolute atomic E-state index is 0.507. The maximum absolute atomic E-state index is 10.7. The predicted octanol–water partition coefficient (Wildman–Crippen LogP) is -2.37. The summed E-state index contributed by atoms with van der Waals surface area (Å²) in [6, 6.07) is 0. The summed E-state index contributed by atoms with van der Waals surface area (Å²) in [5.41, 5.74) is 0. The second-order valence-electron chi connectivity index (χ2n) is 2.05. The molecular formula is C5H8O5. The molecule has 10 heavy (non-hydrogen) atoms. The van der Waals surface area contributed by atoms with E-state index in [2.05, 4.69) is 4.74 Å². The lowest BCUT2D eigenvalue weighted by molar-refractivity contribution is -0.132. The average molecular weight is 148 g/mol.